The first-order chi connectivity index (χ1) is 10.1. The van der Waals surface area contributed by atoms with Gasteiger partial charge >= 0.3 is 0 Å². The summed E-state index contributed by atoms with van der Waals surface area (Å²) in [5, 5.41) is 2.76. The lowest BCUT2D eigenvalue weighted by molar-refractivity contribution is 0.101. The number of carbonyl (C=O) groups excluding carboxylic acids is 1. The van der Waals surface area contributed by atoms with Gasteiger partial charge in [0, 0.05) is 23.9 Å². The maximum absolute atomic E-state index is 12.9. The third-order valence-corrected chi connectivity index (χ3v) is 3.31. The molecule has 2 heterocycles. The molecule has 1 N–H and O–H groups in total. The van der Waals surface area contributed by atoms with Gasteiger partial charge in [-0.2, -0.15) is 0 Å². The second kappa shape index (κ2) is 5.09. The zero-order valence-corrected chi connectivity index (χ0v) is 11.8. The highest BCUT2D eigenvalue weighted by Crippen LogP contribution is 2.25. The van der Waals surface area contributed by atoms with E-state index in [9.17, 15) is 9.18 Å². The lowest BCUT2D eigenvalue weighted by Gasteiger charge is -2.13. The fraction of sp³-hybridized carbons (Fsp3) is 0.188. The highest BCUT2D eigenvalue weighted by atomic mass is 19.1. The lowest BCUT2D eigenvalue weighted by Crippen LogP contribution is -2.18. The highest BCUT2D eigenvalue weighted by molar-refractivity contribution is 6.05. The van der Waals surface area contributed by atoms with Crippen LogP contribution in [-0.4, -0.2) is 10.5 Å². The Labute approximate surface area is 121 Å². The van der Waals surface area contributed by atoms with Crippen LogP contribution in [0.5, 0.6) is 0 Å². The Kier molecular flexibility index (Phi) is 3.25. The van der Waals surface area contributed by atoms with Crippen molar-refractivity contribution >= 4 is 22.7 Å². The third kappa shape index (κ3) is 2.42. The number of benzene rings is 1. The number of fused-ring (bicyclic) bond motifs is 1. The number of anilines is 1. The monoisotopic (exact) mass is 286 g/mol. The summed E-state index contributed by atoms with van der Waals surface area (Å²) in [5.74, 6) is -0.585. The summed E-state index contributed by atoms with van der Waals surface area (Å²) in [6, 6.07) is 9.35. The van der Waals surface area contributed by atoms with Crippen molar-refractivity contribution in [1.29, 1.82) is 0 Å². The standard InChI is InChI=1S/C16H15FN2O2/c1-10(2)19-13-7-8-21-15(13)9-14(19)16(20)18-12-5-3-11(17)4-6-12/h3-10H,1-2H3,(H,18,20). The molecule has 108 valence electrons. The minimum absolute atomic E-state index is 0.120. The summed E-state index contributed by atoms with van der Waals surface area (Å²) in [6.07, 6.45) is 1.60. The number of carbonyl (C=O) groups is 1. The summed E-state index contributed by atoms with van der Waals surface area (Å²) < 4.78 is 20.2. The predicted octanol–water partition coefficient (Wildman–Crippen LogP) is 4.21. The summed E-state index contributed by atoms with van der Waals surface area (Å²) in [4.78, 5) is 12.4. The minimum atomic E-state index is -0.337. The molecular formula is C16H15FN2O2. The van der Waals surface area contributed by atoms with Crippen molar-refractivity contribution in [1.82, 2.24) is 4.57 Å². The maximum Gasteiger partial charge on any atom is 0.272 e. The minimum Gasteiger partial charge on any atom is -0.463 e. The second-order valence-electron chi connectivity index (χ2n) is 5.12. The largest absolute Gasteiger partial charge is 0.463 e. The summed E-state index contributed by atoms with van der Waals surface area (Å²) >= 11 is 0. The molecule has 0 aliphatic heterocycles. The fourth-order valence-corrected chi connectivity index (χ4v) is 2.40. The number of halogens is 1. The van der Waals surface area contributed by atoms with Gasteiger partial charge in [0.1, 0.15) is 11.5 Å². The Morgan fingerprint density at radius 3 is 2.62 bits per heavy atom. The lowest BCUT2D eigenvalue weighted by atomic mass is 10.3. The average Bonchev–Trinajstić information content (AvgIpc) is 3.00. The van der Waals surface area contributed by atoms with Crippen LogP contribution in [0.1, 0.15) is 30.4 Å². The van der Waals surface area contributed by atoms with E-state index < -0.39 is 0 Å². The van der Waals surface area contributed by atoms with Crippen molar-refractivity contribution in [2.24, 2.45) is 0 Å². The molecular weight excluding hydrogens is 271 g/mol. The van der Waals surface area contributed by atoms with Crippen molar-refractivity contribution in [2.45, 2.75) is 19.9 Å². The molecule has 0 saturated carbocycles. The van der Waals surface area contributed by atoms with E-state index in [1.807, 2.05) is 24.5 Å². The Bertz CT molecular complexity index is 784. The third-order valence-electron chi connectivity index (χ3n) is 3.31. The Morgan fingerprint density at radius 2 is 1.95 bits per heavy atom. The van der Waals surface area contributed by atoms with Crippen LogP contribution < -0.4 is 5.32 Å². The number of furan rings is 1. The second-order valence-corrected chi connectivity index (χ2v) is 5.12. The van der Waals surface area contributed by atoms with Crippen LogP contribution in [0.25, 0.3) is 11.1 Å². The molecule has 0 aliphatic carbocycles. The van der Waals surface area contributed by atoms with Gasteiger partial charge in [-0.3, -0.25) is 4.79 Å². The molecule has 3 rings (SSSR count). The number of nitrogens with zero attached hydrogens (tertiary/aromatic N) is 1. The van der Waals surface area contributed by atoms with Crippen LogP contribution in [0.2, 0.25) is 0 Å². The zero-order valence-electron chi connectivity index (χ0n) is 11.8. The fourth-order valence-electron chi connectivity index (χ4n) is 2.40. The Balaban J connectivity index is 1.95. The Hall–Kier alpha value is -2.56. The molecule has 1 aromatic carbocycles. The first-order valence-electron chi connectivity index (χ1n) is 6.71. The molecule has 0 bridgehead atoms. The van der Waals surface area contributed by atoms with Gasteiger partial charge in [0.2, 0.25) is 0 Å². The number of hydrogen-bond donors (Lipinski definition) is 1. The first-order valence-corrected chi connectivity index (χ1v) is 6.71. The zero-order chi connectivity index (χ0) is 15.0. The van der Waals surface area contributed by atoms with Gasteiger partial charge in [0.25, 0.3) is 5.91 Å². The van der Waals surface area contributed by atoms with Crippen LogP contribution in [0.4, 0.5) is 10.1 Å². The molecule has 0 saturated heterocycles. The molecule has 3 aromatic rings. The molecule has 5 heteroatoms. The van der Waals surface area contributed by atoms with Crippen molar-refractivity contribution in [3.05, 3.63) is 54.2 Å². The average molecular weight is 286 g/mol. The van der Waals surface area contributed by atoms with Crippen LogP contribution in [0, 0.1) is 5.82 Å². The van der Waals surface area contributed by atoms with Gasteiger partial charge in [0.05, 0.1) is 11.8 Å². The van der Waals surface area contributed by atoms with Crippen molar-refractivity contribution in [3.63, 3.8) is 0 Å². The van der Waals surface area contributed by atoms with Gasteiger partial charge < -0.3 is 14.3 Å². The van der Waals surface area contributed by atoms with Gasteiger partial charge in [-0.05, 0) is 38.1 Å². The first kappa shape index (κ1) is 13.4. The van der Waals surface area contributed by atoms with Gasteiger partial charge in [0.15, 0.2) is 5.58 Å². The van der Waals surface area contributed by atoms with Crippen LogP contribution in [0.15, 0.2) is 47.1 Å². The quantitative estimate of drug-likeness (QED) is 0.784. The molecule has 0 radical (unpaired) electrons. The van der Waals surface area contributed by atoms with Gasteiger partial charge in [-0.25, -0.2) is 4.39 Å². The predicted molar refractivity (Wildman–Crippen MR) is 78.9 cm³/mol. The van der Waals surface area contributed by atoms with Gasteiger partial charge in [-0.1, -0.05) is 0 Å². The van der Waals surface area contributed by atoms with E-state index in [1.165, 1.54) is 24.3 Å². The summed E-state index contributed by atoms with van der Waals surface area (Å²) in [5.41, 5.74) is 2.63. The number of nitrogens with one attached hydrogen (secondary N) is 1. The van der Waals surface area contributed by atoms with Crippen LogP contribution in [0.3, 0.4) is 0 Å². The number of aromatic nitrogens is 1. The molecule has 0 atom stereocenters. The van der Waals surface area contributed by atoms with E-state index in [1.54, 1.807) is 12.3 Å². The number of hydrogen-bond acceptors (Lipinski definition) is 2. The molecule has 4 nitrogen and oxygen atoms in total. The van der Waals surface area contributed by atoms with E-state index >= 15 is 0 Å². The highest BCUT2D eigenvalue weighted by Gasteiger charge is 2.19. The van der Waals surface area contributed by atoms with Crippen LogP contribution >= 0.6 is 0 Å². The molecule has 1 amide bonds. The Morgan fingerprint density at radius 1 is 1.24 bits per heavy atom. The van der Waals surface area contributed by atoms with E-state index in [0.29, 0.717) is 17.0 Å². The van der Waals surface area contributed by atoms with E-state index in [2.05, 4.69) is 5.32 Å². The topological polar surface area (TPSA) is 47.2 Å². The van der Waals surface area contributed by atoms with E-state index in [4.69, 9.17) is 4.42 Å². The smallest absolute Gasteiger partial charge is 0.272 e. The summed E-state index contributed by atoms with van der Waals surface area (Å²) in [6.45, 7) is 4.00. The van der Waals surface area contributed by atoms with E-state index in [-0.39, 0.29) is 17.8 Å². The molecule has 2 aromatic heterocycles. The van der Waals surface area contributed by atoms with Gasteiger partial charge in [-0.15, -0.1) is 0 Å². The number of rotatable bonds is 3. The number of amides is 1. The molecule has 21 heavy (non-hydrogen) atoms. The molecule has 0 aliphatic rings. The summed E-state index contributed by atoms with van der Waals surface area (Å²) in [7, 11) is 0. The maximum atomic E-state index is 12.9. The normalized spacial score (nSPS) is 11.2. The van der Waals surface area contributed by atoms with Crippen molar-refractivity contribution < 1.29 is 13.6 Å². The van der Waals surface area contributed by atoms with Crippen LogP contribution in [-0.2, 0) is 0 Å². The molecule has 0 fully saturated rings. The molecule has 0 spiro atoms. The molecule has 0 unspecified atom stereocenters. The van der Waals surface area contributed by atoms with Crippen molar-refractivity contribution in [2.75, 3.05) is 5.32 Å². The van der Waals surface area contributed by atoms with Crippen molar-refractivity contribution in [3.8, 4) is 0 Å². The van der Waals surface area contributed by atoms with E-state index in [0.717, 1.165) is 5.52 Å². The SMILES string of the molecule is CC(C)n1c(C(=O)Nc2ccc(F)cc2)cc2occc21.